The van der Waals surface area contributed by atoms with E-state index in [-0.39, 0.29) is 0 Å². The zero-order valence-corrected chi connectivity index (χ0v) is 11.6. The first-order valence-corrected chi connectivity index (χ1v) is 7.78. The fraction of sp³-hybridized carbons (Fsp3) is 0.588. The molecule has 0 aromatic heterocycles. The van der Waals surface area contributed by atoms with Crippen molar-refractivity contribution in [3.63, 3.8) is 0 Å². The van der Waals surface area contributed by atoms with Gasteiger partial charge in [0.05, 0.1) is 5.84 Å². The largest absolute Gasteiger partial charge is 0.370 e. The number of rotatable bonds is 2. The van der Waals surface area contributed by atoms with Gasteiger partial charge in [0.1, 0.15) is 0 Å². The van der Waals surface area contributed by atoms with Gasteiger partial charge in [-0.05, 0) is 31.2 Å². The molecule has 2 heteroatoms. The van der Waals surface area contributed by atoms with E-state index >= 15 is 0 Å². The smallest absolute Gasteiger partial charge is 0.0965 e. The van der Waals surface area contributed by atoms with E-state index in [1.165, 1.54) is 49.9 Å². The third-order valence-corrected chi connectivity index (χ3v) is 4.47. The van der Waals surface area contributed by atoms with Crippen molar-refractivity contribution < 1.29 is 0 Å². The molecule has 0 amide bonds. The summed E-state index contributed by atoms with van der Waals surface area (Å²) in [6.45, 7) is 1.02. The van der Waals surface area contributed by atoms with Crippen molar-refractivity contribution in [3.8, 4) is 0 Å². The molecule has 0 bridgehead atoms. The van der Waals surface area contributed by atoms with E-state index in [1.807, 2.05) is 0 Å². The zero-order chi connectivity index (χ0) is 12.9. The maximum absolute atomic E-state index is 4.72. The minimum atomic E-state index is 0.597. The Balaban J connectivity index is 1.68. The Morgan fingerprint density at radius 3 is 2.74 bits per heavy atom. The summed E-state index contributed by atoms with van der Waals surface area (Å²) in [4.78, 5) is 4.72. The topological polar surface area (TPSA) is 24.4 Å². The number of hydrogen-bond acceptors (Lipinski definition) is 2. The normalized spacial score (nSPS) is 27.7. The van der Waals surface area contributed by atoms with Crippen LogP contribution < -0.4 is 5.32 Å². The van der Waals surface area contributed by atoms with Crippen molar-refractivity contribution in [1.29, 1.82) is 0 Å². The highest BCUT2D eigenvalue weighted by atomic mass is 15.0. The lowest BCUT2D eigenvalue weighted by Crippen LogP contribution is -2.36. The summed E-state index contributed by atoms with van der Waals surface area (Å²) >= 11 is 0. The Labute approximate surface area is 116 Å². The van der Waals surface area contributed by atoms with Crippen molar-refractivity contribution in [2.45, 2.75) is 56.9 Å². The van der Waals surface area contributed by atoms with E-state index in [0.717, 1.165) is 13.0 Å². The minimum absolute atomic E-state index is 0.597. The second kappa shape index (κ2) is 6.23. The average Bonchev–Trinajstić information content (AvgIpc) is 2.75. The molecule has 3 rings (SSSR count). The Bertz CT molecular complexity index is 424. The summed E-state index contributed by atoms with van der Waals surface area (Å²) in [5.74, 6) is 1.94. The van der Waals surface area contributed by atoms with Gasteiger partial charge in [0.2, 0.25) is 0 Å². The summed E-state index contributed by atoms with van der Waals surface area (Å²) in [7, 11) is 0. The molecular weight excluding hydrogens is 232 g/mol. The van der Waals surface area contributed by atoms with Gasteiger partial charge in [-0.2, -0.15) is 0 Å². The number of amidine groups is 1. The molecular formula is C17H24N2. The molecule has 2 nitrogen and oxygen atoms in total. The van der Waals surface area contributed by atoms with Gasteiger partial charge >= 0.3 is 0 Å². The molecule has 2 atom stereocenters. The lowest BCUT2D eigenvalue weighted by Gasteiger charge is -2.23. The van der Waals surface area contributed by atoms with Crippen LogP contribution in [-0.4, -0.2) is 18.4 Å². The van der Waals surface area contributed by atoms with Crippen LogP contribution in [0.3, 0.4) is 0 Å². The lowest BCUT2D eigenvalue weighted by atomic mass is 9.94. The highest BCUT2D eigenvalue weighted by Crippen LogP contribution is 2.34. The van der Waals surface area contributed by atoms with Gasteiger partial charge in [-0.1, -0.05) is 43.2 Å². The molecule has 0 saturated heterocycles. The Morgan fingerprint density at radius 1 is 0.947 bits per heavy atom. The Morgan fingerprint density at radius 2 is 1.84 bits per heavy atom. The third kappa shape index (κ3) is 3.17. The van der Waals surface area contributed by atoms with E-state index in [9.17, 15) is 0 Å². The predicted molar refractivity (Wildman–Crippen MR) is 80.7 cm³/mol. The summed E-state index contributed by atoms with van der Waals surface area (Å²) in [5.41, 5.74) is 1.49. The molecule has 1 fully saturated rings. The average molecular weight is 256 g/mol. The van der Waals surface area contributed by atoms with Crippen LogP contribution in [0.2, 0.25) is 0 Å². The molecule has 102 valence electrons. The van der Waals surface area contributed by atoms with Crippen LogP contribution in [0.25, 0.3) is 0 Å². The van der Waals surface area contributed by atoms with Crippen LogP contribution in [0.4, 0.5) is 0 Å². The molecule has 1 saturated carbocycles. The highest BCUT2D eigenvalue weighted by Gasteiger charge is 2.29. The highest BCUT2D eigenvalue weighted by molar-refractivity contribution is 5.82. The molecule has 1 heterocycles. The number of nitrogens with zero attached hydrogens (tertiary/aromatic N) is 1. The number of aliphatic imine (C=N–C) groups is 1. The molecule has 0 unspecified atom stereocenters. The maximum atomic E-state index is 4.72. The van der Waals surface area contributed by atoms with E-state index in [1.54, 1.807) is 0 Å². The van der Waals surface area contributed by atoms with Crippen LogP contribution in [0.1, 0.15) is 56.4 Å². The van der Waals surface area contributed by atoms with Gasteiger partial charge in [0.15, 0.2) is 0 Å². The Kier molecular flexibility index (Phi) is 4.16. The first kappa shape index (κ1) is 12.7. The summed E-state index contributed by atoms with van der Waals surface area (Å²) in [6.07, 6.45) is 8.99. The molecule has 19 heavy (non-hydrogen) atoms. The summed E-state index contributed by atoms with van der Waals surface area (Å²) < 4.78 is 0. The van der Waals surface area contributed by atoms with Gasteiger partial charge < -0.3 is 5.32 Å². The second-order valence-electron chi connectivity index (χ2n) is 5.84. The lowest BCUT2D eigenvalue weighted by molar-refractivity contribution is 0.553. The number of nitrogens with one attached hydrogen (secondary N) is 1. The standard InChI is InChI=1S/C17H24N2/c1-3-8-14(9-4-1)15-10-7-11-16(15)19-17-12-5-2-6-13-18-17/h1,3-4,8-9,15-16H,2,5-7,10-13H2,(H,18,19)/t15-,16-/m0/s1. The maximum Gasteiger partial charge on any atom is 0.0965 e. The van der Waals surface area contributed by atoms with Crippen molar-refractivity contribution in [2.24, 2.45) is 4.99 Å². The van der Waals surface area contributed by atoms with E-state index in [2.05, 4.69) is 35.6 Å². The first-order chi connectivity index (χ1) is 9.43. The summed E-state index contributed by atoms with van der Waals surface area (Å²) in [5, 5.41) is 3.76. The summed E-state index contributed by atoms with van der Waals surface area (Å²) in [6, 6.07) is 11.6. The van der Waals surface area contributed by atoms with E-state index in [0.29, 0.717) is 12.0 Å². The molecule has 1 aromatic carbocycles. The van der Waals surface area contributed by atoms with Gasteiger partial charge in [-0.3, -0.25) is 4.99 Å². The number of benzene rings is 1. The predicted octanol–water partition coefficient (Wildman–Crippen LogP) is 3.88. The van der Waals surface area contributed by atoms with Gasteiger partial charge in [0, 0.05) is 24.9 Å². The fourth-order valence-electron chi connectivity index (χ4n) is 3.44. The van der Waals surface area contributed by atoms with Crippen molar-refractivity contribution in [1.82, 2.24) is 5.32 Å². The monoisotopic (exact) mass is 256 g/mol. The quantitative estimate of drug-likeness (QED) is 0.853. The van der Waals surface area contributed by atoms with Crippen molar-refractivity contribution in [3.05, 3.63) is 35.9 Å². The Hall–Kier alpha value is -1.31. The van der Waals surface area contributed by atoms with E-state index < -0.39 is 0 Å². The molecule has 0 spiro atoms. The van der Waals surface area contributed by atoms with Crippen LogP contribution in [-0.2, 0) is 0 Å². The molecule has 1 aromatic rings. The van der Waals surface area contributed by atoms with Gasteiger partial charge in [-0.15, -0.1) is 0 Å². The van der Waals surface area contributed by atoms with Gasteiger partial charge in [0.25, 0.3) is 0 Å². The van der Waals surface area contributed by atoms with Crippen LogP contribution >= 0.6 is 0 Å². The van der Waals surface area contributed by atoms with E-state index in [4.69, 9.17) is 4.99 Å². The zero-order valence-electron chi connectivity index (χ0n) is 11.6. The molecule has 0 radical (unpaired) electrons. The first-order valence-electron chi connectivity index (χ1n) is 7.78. The molecule has 1 aliphatic carbocycles. The van der Waals surface area contributed by atoms with Crippen LogP contribution in [0.15, 0.2) is 35.3 Å². The SMILES string of the molecule is c1ccc([C@@H]2CCC[C@@H]2NC2=NCCCCC2)cc1. The molecule has 1 N–H and O–H groups in total. The molecule has 1 aliphatic heterocycles. The van der Waals surface area contributed by atoms with Crippen LogP contribution in [0, 0.1) is 0 Å². The second-order valence-corrected chi connectivity index (χ2v) is 5.84. The number of hydrogen-bond donors (Lipinski definition) is 1. The molecule has 2 aliphatic rings. The van der Waals surface area contributed by atoms with Crippen molar-refractivity contribution >= 4 is 5.84 Å². The fourth-order valence-corrected chi connectivity index (χ4v) is 3.44. The van der Waals surface area contributed by atoms with Crippen LogP contribution in [0.5, 0.6) is 0 Å². The third-order valence-electron chi connectivity index (χ3n) is 4.47. The van der Waals surface area contributed by atoms with Gasteiger partial charge in [-0.25, -0.2) is 0 Å². The minimum Gasteiger partial charge on any atom is -0.370 e. The van der Waals surface area contributed by atoms with Crippen molar-refractivity contribution in [2.75, 3.05) is 6.54 Å².